The topological polar surface area (TPSA) is 49.9 Å². The van der Waals surface area contributed by atoms with Crippen LogP contribution in [0.2, 0.25) is 0 Å². The number of nitrogens with zero attached hydrogens (tertiary/aromatic N) is 2. The van der Waals surface area contributed by atoms with Crippen LogP contribution in [0.4, 0.5) is 4.39 Å². The van der Waals surface area contributed by atoms with Crippen LogP contribution in [0.5, 0.6) is 5.75 Å². The van der Waals surface area contributed by atoms with Crippen LogP contribution in [0.1, 0.15) is 17.9 Å². The first-order valence-electron chi connectivity index (χ1n) is 8.00. The zero-order chi connectivity index (χ0) is 17.3. The molecule has 0 spiro atoms. The highest BCUT2D eigenvalue weighted by molar-refractivity contribution is 5.93. The summed E-state index contributed by atoms with van der Waals surface area (Å²) in [6, 6.07) is 7.75. The summed E-state index contributed by atoms with van der Waals surface area (Å²) >= 11 is 0. The van der Waals surface area contributed by atoms with Gasteiger partial charge in [0.1, 0.15) is 5.75 Å². The largest absolute Gasteiger partial charge is 0.497 e. The van der Waals surface area contributed by atoms with Crippen LogP contribution in [-0.4, -0.2) is 60.6 Å². The molecule has 1 aromatic rings. The van der Waals surface area contributed by atoms with E-state index in [1.54, 1.807) is 12.0 Å². The quantitative estimate of drug-likeness (QED) is 0.789. The molecule has 1 atom stereocenters. The third kappa shape index (κ3) is 2.88. The summed E-state index contributed by atoms with van der Waals surface area (Å²) < 4.78 is 19.8. The lowest BCUT2D eigenvalue weighted by Crippen LogP contribution is -2.67. The summed E-state index contributed by atoms with van der Waals surface area (Å²) in [6.45, 7) is 4.06. The van der Waals surface area contributed by atoms with Gasteiger partial charge in [-0.2, -0.15) is 0 Å². The van der Waals surface area contributed by atoms with Gasteiger partial charge in [0, 0.05) is 19.0 Å². The summed E-state index contributed by atoms with van der Waals surface area (Å²) in [5.41, 5.74) is -0.830. The Morgan fingerprint density at radius 3 is 2.54 bits per heavy atom. The van der Waals surface area contributed by atoms with Crippen molar-refractivity contribution >= 4 is 11.8 Å². The molecule has 6 heteroatoms. The van der Waals surface area contributed by atoms with Crippen LogP contribution in [0, 0.1) is 0 Å². The molecule has 0 aliphatic carbocycles. The van der Waals surface area contributed by atoms with Crippen LogP contribution in [0.3, 0.4) is 0 Å². The second-order valence-electron chi connectivity index (χ2n) is 6.37. The average Bonchev–Trinajstić information content (AvgIpc) is 3.07. The number of carbonyl (C=O) groups excluding carboxylic acids is 2. The maximum absolute atomic E-state index is 14.7. The summed E-state index contributed by atoms with van der Waals surface area (Å²) in [4.78, 5) is 26.7. The SMILES string of the molecule is C=CC(=O)N1CC(F)(C(=O)N2CCC(c3ccc(OC)cc3)C2)C1. The molecule has 1 aromatic carbocycles. The Morgan fingerprint density at radius 2 is 1.96 bits per heavy atom. The molecule has 2 heterocycles. The fourth-order valence-corrected chi connectivity index (χ4v) is 3.36. The van der Waals surface area contributed by atoms with Gasteiger partial charge in [0.15, 0.2) is 0 Å². The second kappa shape index (κ2) is 6.26. The number of carbonyl (C=O) groups is 2. The summed E-state index contributed by atoms with van der Waals surface area (Å²) in [7, 11) is 1.62. The van der Waals surface area contributed by atoms with E-state index in [0.29, 0.717) is 13.1 Å². The van der Waals surface area contributed by atoms with Crippen LogP contribution < -0.4 is 4.74 Å². The Balaban J connectivity index is 1.60. The molecule has 2 amide bonds. The van der Waals surface area contributed by atoms with E-state index in [4.69, 9.17) is 4.74 Å². The molecule has 1 unspecified atom stereocenters. The number of rotatable bonds is 4. The highest BCUT2D eigenvalue weighted by Gasteiger charge is 2.53. The Morgan fingerprint density at radius 1 is 1.29 bits per heavy atom. The van der Waals surface area contributed by atoms with Gasteiger partial charge in [-0.05, 0) is 30.2 Å². The number of amides is 2. The summed E-state index contributed by atoms with van der Waals surface area (Å²) in [5.74, 6) is 0.142. The van der Waals surface area contributed by atoms with Gasteiger partial charge < -0.3 is 14.5 Å². The van der Waals surface area contributed by atoms with Crippen LogP contribution in [0.15, 0.2) is 36.9 Å². The van der Waals surface area contributed by atoms with Crippen molar-refractivity contribution in [2.75, 3.05) is 33.3 Å². The molecule has 2 aliphatic heterocycles. The van der Waals surface area contributed by atoms with E-state index in [0.717, 1.165) is 23.8 Å². The Kier molecular flexibility index (Phi) is 4.30. The number of hydrogen-bond acceptors (Lipinski definition) is 3. The lowest BCUT2D eigenvalue weighted by atomic mass is 9.94. The molecule has 0 radical (unpaired) electrons. The number of alkyl halides is 1. The van der Waals surface area contributed by atoms with Crippen LogP contribution in [-0.2, 0) is 9.59 Å². The van der Waals surface area contributed by atoms with Crippen molar-refractivity contribution in [3.63, 3.8) is 0 Å². The van der Waals surface area contributed by atoms with Crippen molar-refractivity contribution < 1.29 is 18.7 Å². The third-order valence-corrected chi connectivity index (χ3v) is 4.82. The highest BCUT2D eigenvalue weighted by Crippen LogP contribution is 2.33. The zero-order valence-corrected chi connectivity index (χ0v) is 13.7. The molecular weight excluding hydrogens is 311 g/mol. The van der Waals surface area contributed by atoms with Crippen molar-refractivity contribution in [2.24, 2.45) is 0 Å². The molecule has 2 saturated heterocycles. The maximum atomic E-state index is 14.7. The minimum Gasteiger partial charge on any atom is -0.497 e. The Bertz CT molecular complexity index is 653. The lowest BCUT2D eigenvalue weighted by molar-refractivity contribution is -0.160. The molecule has 0 saturated carbocycles. The molecule has 0 aromatic heterocycles. The number of methoxy groups -OCH3 is 1. The smallest absolute Gasteiger partial charge is 0.264 e. The third-order valence-electron chi connectivity index (χ3n) is 4.82. The average molecular weight is 332 g/mol. The van der Waals surface area contributed by atoms with E-state index in [-0.39, 0.29) is 24.9 Å². The Hall–Kier alpha value is -2.37. The maximum Gasteiger partial charge on any atom is 0.264 e. The molecule has 128 valence electrons. The van der Waals surface area contributed by atoms with Crippen molar-refractivity contribution in [1.82, 2.24) is 9.80 Å². The lowest BCUT2D eigenvalue weighted by Gasteiger charge is -2.44. The second-order valence-corrected chi connectivity index (χ2v) is 6.37. The monoisotopic (exact) mass is 332 g/mol. The predicted octanol–water partition coefficient (Wildman–Crippen LogP) is 1.75. The van der Waals surface area contributed by atoms with Crippen molar-refractivity contribution in [1.29, 1.82) is 0 Å². The molecular formula is C18H21FN2O3. The molecule has 2 fully saturated rings. The van der Waals surface area contributed by atoms with E-state index >= 15 is 0 Å². The molecule has 5 nitrogen and oxygen atoms in total. The van der Waals surface area contributed by atoms with E-state index in [9.17, 15) is 14.0 Å². The first-order valence-corrected chi connectivity index (χ1v) is 8.00. The van der Waals surface area contributed by atoms with Crippen molar-refractivity contribution in [2.45, 2.75) is 18.0 Å². The van der Waals surface area contributed by atoms with E-state index < -0.39 is 11.6 Å². The van der Waals surface area contributed by atoms with Crippen LogP contribution >= 0.6 is 0 Å². The minimum absolute atomic E-state index is 0.180. The van der Waals surface area contributed by atoms with Crippen molar-refractivity contribution in [3.8, 4) is 5.75 Å². The standard InChI is InChI=1S/C18H21FN2O3/c1-3-16(22)21-11-18(19,12-21)17(23)20-9-8-14(10-20)13-4-6-15(24-2)7-5-13/h3-7,14H,1,8-12H2,2H3. The van der Waals surface area contributed by atoms with Gasteiger partial charge in [0.2, 0.25) is 11.6 Å². The fraction of sp³-hybridized carbons (Fsp3) is 0.444. The van der Waals surface area contributed by atoms with Gasteiger partial charge in [-0.3, -0.25) is 9.59 Å². The van der Waals surface area contributed by atoms with Crippen LogP contribution in [0.25, 0.3) is 0 Å². The zero-order valence-electron chi connectivity index (χ0n) is 13.7. The molecule has 3 rings (SSSR count). The number of benzene rings is 1. The summed E-state index contributed by atoms with van der Waals surface area (Å²) in [5, 5.41) is 0. The van der Waals surface area contributed by atoms with Gasteiger partial charge in [-0.15, -0.1) is 0 Å². The minimum atomic E-state index is -1.95. The van der Waals surface area contributed by atoms with Gasteiger partial charge in [-0.25, -0.2) is 4.39 Å². The first kappa shape index (κ1) is 16.5. The molecule has 0 N–H and O–H groups in total. The first-order chi connectivity index (χ1) is 11.5. The number of ether oxygens (including phenoxy) is 1. The van der Waals surface area contributed by atoms with E-state index in [2.05, 4.69) is 6.58 Å². The number of likely N-dealkylation sites (tertiary alicyclic amines) is 2. The number of hydrogen-bond donors (Lipinski definition) is 0. The number of halogens is 1. The normalized spacial score (nSPS) is 22.0. The van der Waals surface area contributed by atoms with Gasteiger partial charge in [0.25, 0.3) is 5.91 Å². The van der Waals surface area contributed by atoms with Crippen molar-refractivity contribution in [3.05, 3.63) is 42.5 Å². The highest BCUT2D eigenvalue weighted by atomic mass is 19.1. The van der Waals surface area contributed by atoms with Gasteiger partial charge in [0.05, 0.1) is 20.2 Å². The van der Waals surface area contributed by atoms with Gasteiger partial charge in [-0.1, -0.05) is 18.7 Å². The molecule has 24 heavy (non-hydrogen) atoms. The Labute approximate surface area is 140 Å². The van der Waals surface area contributed by atoms with E-state index in [1.807, 2.05) is 24.3 Å². The fourth-order valence-electron chi connectivity index (χ4n) is 3.36. The van der Waals surface area contributed by atoms with E-state index in [1.165, 1.54) is 4.90 Å². The predicted molar refractivity (Wildman–Crippen MR) is 87.5 cm³/mol. The van der Waals surface area contributed by atoms with Gasteiger partial charge >= 0.3 is 0 Å². The molecule has 2 aliphatic rings. The molecule has 0 bridgehead atoms. The summed E-state index contributed by atoms with van der Waals surface area (Å²) in [6.07, 6.45) is 1.95.